The first-order chi connectivity index (χ1) is 8.99. The van der Waals surface area contributed by atoms with Gasteiger partial charge in [-0.1, -0.05) is 16.8 Å². The van der Waals surface area contributed by atoms with Crippen LogP contribution < -0.4 is 5.73 Å². The van der Waals surface area contributed by atoms with E-state index in [1.165, 1.54) is 12.1 Å². The molecule has 0 bridgehead atoms. The molecule has 0 amide bonds. The maximum atomic E-state index is 11.9. The number of nitrogens with two attached hydrogens (primary N) is 1. The van der Waals surface area contributed by atoms with Gasteiger partial charge in [-0.2, -0.15) is 0 Å². The SMILES string of the molecule is Cc1noc(C)c1COC(=O)c1ccc(Cl)cc1N. The molecular formula is C13H13ClN2O3. The Morgan fingerprint density at radius 3 is 2.79 bits per heavy atom. The van der Waals surface area contributed by atoms with Gasteiger partial charge in [-0.3, -0.25) is 0 Å². The average molecular weight is 281 g/mol. The monoisotopic (exact) mass is 280 g/mol. The molecule has 0 saturated carbocycles. The second-order valence-electron chi connectivity index (χ2n) is 4.11. The van der Waals surface area contributed by atoms with Gasteiger partial charge < -0.3 is 15.0 Å². The van der Waals surface area contributed by atoms with Crippen LogP contribution >= 0.6 is 11.6 Å². The number of nitrogen functional groups attached to an aromatic ring is 1. The van der Waals surface area contributed by atoms with Gasteiger partial charge in [0.1, 0.15) is 12.4 Å². The summed E-state index contributed by atoms with van der Waals surface area (Å²) in [5.41, 5.74) is 7.76. The van der Waals surface area contributed by atoms with Crippen molar-refractivity contribution in [3.63, 3.8) is 0 Å². The largest absolute Gasteiger partial charge is 0.457 e. The maximum Gasteiger partial charge on any atom is 0.340 e. The zero-order valence-electron chi connectivity index (χ0n) is 10.6. The van der Waals surface area contributed by atoms with Crippen molar-refractivity contribution in [2.75, 3.05) is 5.73 Å². The Kier molecular flexibility index (Phi) is 3.76. The lowest BCUT2D eigenvalue weighted by molar-refractivity contribution is 0.0472. The van der Waals surface area contributed by atoms with Crippen LogP contribution in [0.2, 0.25) is 5.02 Å². The first kappa shape index (κ1) is 13.4. The van der Waals surface area contributed by atoms with Gasteiger partial charge in [-0.05, 0) is 32.0 Å². The fraction of sp³-hybridized carbons (Fsp3) is 0.231. The molecule has 5 nitrogen and oxygen atoms in total. The molecule has 0 spiro atoms. The molecule has 19 heavy (non-hydrogen) atoms. The summed E-state index contributed by atoms with van der Waals surface area (Å²) in [5.74, 6) is 0.128. The number of anilines is 1. The number of carbonyl (C=O) groups is 1. The summed E-state index contributed by atoms with van der Waals surface area (Å²) >= 11 is 5.77. The Morgan fingerprint density at radius 2 is 2.21 bits per heavy atom. The van der Waals surface area contributed by atoms with Crippen molar-refractivity contribution in [3.05, 3.63) is 45.8 Å². The minimum atomic E-state index is -0.505. The van der Waals surface area contributed by atoms with E-state index in [9.17, 15) is 4.79 Å². The highest BCUT2D eigenvalue weighted by Crippen LogP contribution is 2.20. The molecule has 0 aliphatic rings. The van der Waals surface area contributed by atoms with E-state index in [0.717, 1.165) is 5.56 Å². The van der Waals surface area contributed by atoms with Crippen molar-refractivity contribution in [2.24, 2.45) is 0 Å². The molecule has 2 aromatic rings. The molecule has 6 heteroatoms. The summed E-state index contributed by atoms with van der Waals surface area (Å²) in [6.07, 6.45) is 0. The number of ether oxygens (including phenoxy) is 1. The van der Waals surface area contributed by atoms with Crippen LogP contribution in [-0.2, 0) is 11.3 Å². The smallest absolute Gasteiger partial charge is 0.340 e. The summed E-state index contributed by atoms with van der Waals surface area (Å²) in [6, 6.07) is 4.63. The second kappa shape index (κ2) is 5.32. The van der Waals surface area contributed by atoms with E-state index >= 15 is 0 Å². The number of rotatable bonds is 3. The van der Waals surface area contributed by atoms with Gasteiger partial charge in [0.2, 0.25) is 0 Å². The molecule has 2 N–H and O–H groups in total. The third kappa shape index (κ3) is 2.88. The van der Waals surface area contributed by atoms with Crippen molar-refractivity contribution in [2.45, 2.75) is 20.5 Å². The number of halogens is 1. The quantitative estimate of drug-likeness (QED) is 0.691. The van der Waals surface area contributed by atoms with Gasteiger partial charge in [-0.15, -0.1) is 0 Å². The molecule has 1 aromatic carbocycles. The second-order valence-corrected chi connectivity index (χ2v) is 4.55. The van der Waals surface area contributed by atoms with E-state index in [0.29, 0.717) is 16.5 Å². The van der Waals surface area contributed by atoms with Crippen molar-refractivity contribution >= 4 is 23.3 Å². The molecule has 0 fully saturated rings. The number of hydrogen-bond donors (Lipinski definition) is 1. The third-order valence-electron chi connectivity index (χ3n) is 2.76. The van der Waals surface area contributed by atoms with E-state index in [1.54, 1.807) is 19.9 Å². The van der Waals surface area contributed by atoms with Crippen LogP contribution in [0.25, 0.3) is 0 Å². The van der Waals surface area contributed by atoms with Crippen LogP contribution in [0.5, 0.6) is 0 Å². The Bertz CT molecular complexity index is 603. The molecule has 1 heterocycles. The number of carbonyl (C=O) groups excluding carboxylic acids is 1. The highest BCUT2D eigenvalue weighted by atomic mass is 35.5. The van der Waals surface area contributed by atoms with E-state index < -0.39 is 5.97 Å². The Hall–Kier alpha value is -2.01. The van der Waals surface area contributed by atoms with Gasteiger partial charge in [-0.25, -0.2) is 4.79 Å². The number of hydrogen-bond acceptors (Lipinski definition) is 5. The standard InChI is InChI=1S/C13H13ClN2O3/c1-7-11(8(2)19-16-7)6-18-13(17)10-4-3-9(14)5-12(10)15/h3-5H,6,15H2,1-2H3. The molecule has 2 rings (SSSR count). The van der Waals surface area contributed by atoms with E-state index in [4.69, 9.17) is 26.6 Å². The Labute approximate surface area is 115 Å². The lowest BCUT2D eigenvalue weighted by Crippen LogP contribution is -2.08. The topological polar surface area (TPSA) is 78.4 Å². The van der Waals surface area contributed by atoms with Crippen molar-refractivity contribution in [3.8, 4) is 0 Å². The van der Waals surface area contributed by atoms with Crippen molar-refractivity contribution in [1.82, 2.24) is 5.16 Å². The van der Waals surface area contributed by atoms with Crippen LogP contribution in [0.15, 0.2) is 22.7 Å². The molecule has 0 unspecified atom stereocenters. The van der Waals surface area contributed by atoms with Gasteiger partial charge in [0, 0.05) is 10.7 Å². The van der Waals surface area contributed by atoms with Crippen LogP contribution in [0, 0.1) is 13.8 Å². The van der Waals surface area contributed by atoms with Gasteiger partial charge >= 0.3 is 5.97 Å². The molecule has 100 valence electrons. The van der Waals surface area contributed by atoms with E-state index in [1.807, 2.05) is 0 Å². The molecular weight excluding hydrogens is 268 g/mol. The predicted octanol–water partition coefficient (Wildman–Crippen LogP) is 2.88. The number of aryl methyl sites for hydroxylation is 2. The average Bonchev–Trinajstić information content (AvgIpc) is 2.66. The Morgan fingerprint density at radius 1 is 1.47 bits per heavy atom. The summed E-state index contributed by atoms with van der Waals surface area (Å²) in [6.45, 7) is 3.65. The van der Waals surface area contributed by atoms with Crippen LogP contribution in [0.3, 0.4) is 0 Å². The van der Waals surface area contributed by atoms with Gasteiger partial charge in [0.15, 0.2) is 0 Å². The number of esters is 1. The summed E-state index contributed by atoms with van der Waals surface area (Å²) in [7, 11) is 0. The number of nitrogens with zero attached hydrogens (tertiary/aromatic N) is 1. The lowest BCUT2D eigenvalue weighted by atomic mass is 10.2. The van der Waals surface area contributed by atoms with Crippen LogP contribution in [0.4, 0.5) is 5.69 Å². The Balaban J connectivity index is 2.10. The minimum Gasteiger partial charge on any atom is -0.457 e. The highest BCUT2D eigenvalue weighted by Gasteiger charge is 2.15. The molecule has 0 saturated heterocycles. The fourth-order valence-electron chi connectivity index (χ4n) is 1.64. The lowest BCUT2D eigenvalue weighted by Gasteiger charge is -2.07. The molecule has 0 aliphatic heterocycles. The van der Waals surface area contributed by atoms with Crippen molar-refractivity contribution < 1.29 is 14.1 Å². The zero-order valence-corrected chi connectivity index (χ0v) is 11.3. The normalized spacial score (nSPS) is 10.5. The molecule has 0 aliphatic carbocycles. The third-order valence-corrected chi connectivity index (χ3v) is 3.00. The number of aromatic nitrogens is 1. The molecule has 1 aromatic heterocycles. The first-order valence-corrected chi connectivity index (χ1v) is 6.00. The van der Waals surface area contributed by atoms with E-state index in [-0.39, 0.29) is 17.9 Å². The summed E-state index contributed by atoms with van der Waals surface area (Å²) in [4.78, 5) is 11.9. The summed E-state index contributed by atoms with van der Waals surface area (Å²) < 4.78 is 10.2. The van der Waals surface area contributed by atoms with E-state index in [2.05, 4.69) is 5.16 Å². The molecule has 0 atom stereocenters. The molecule has 0 radical (unpaired) electrons. The summed E-state index contributed by atoms with van der Waals surface area (Å²) in [5, 5.41) is 4.26. The highest BCUT2D eigenvalue weighted by molar-refractivity contribution is 6.31. The maximum absolute atomic E-state index is 11.9. The zero-order chi connectivity index (χ0) is 14.0. The van der Waals surface area contributed by atoms with Crippen molar-refractivity contribution in [1.29, 1.82) is 0 Å². The number of benzene rings is 1. The van der Waals surface area contributed by atoms with Gasteiger partial charge in [0.05, 0.1) is 16.8 Å². The predicted molar refractivity (Wildman–Crippen MR) is 71.0 cm³/mol. The van der Waals surface area contributed by atoms with Crippen LogP contribution in [-0.4, -0.2) is 11.1 Å². The van der Waals surface area contributed by atoms with Crippen LogP contribution in [0.1, 0.15) is 27.4 Å². The van der Waals surface area contributed by atoms with Gasteiger partial charge in [0.25, 0.3) is 0 Å². The minimum absolute atomic E-state index is 0.0993. The fourth-order valence-corrected chi connectivity index (χ4v) is 1.82. The first-order valence-electron chi connectivity index (χ1n) is 5.63.